The van der Waals surface area contributed by atoms with Gasteiger partial charge in [-0.05, 0) is 71.1 Å². The topological polar surface area (TPSA) is 106 Å². The van der Waals surface area contributed by atoms with Crippen LogP contribution in [0.15, 0.2) is 85.3 Å². The van der Waals surface area contributed by atoms with Crippen molar-refractivity contribution in [3.05, 3.63) is 102 Å². The average molecular weight is 604 g/mol. The molecule has 2 aliphatic rings. The molecule has 0 radical (unpaired) electrons. The molecule has 0 atom stereocenters. The molecular formula is C35H27N2O8+. The quantitative estimate of drug-likeness (QED) is 0.106. The summed E-state index contributed by atoms with van der Waals surface area (Å²) >= 11 is 0. The molecule has 0 N–H and O–H groups in total. The van der Waals surface area contributed by atoms with Crippen LogP contribution in [0.3, 0.4) is 0 Å². The standard InChI is InChI=1S/C35H27N2O8/c1-40-29-9-7-22-15-27-25-17-32-31(42-20-43-32)16-23(25)11-13-37(27)19-26(22)34(29)45-33(38)10-6-21-5-8-28(30(14-21)41-2)44-35(39)24-4-3-12-36-18-24/h3-10,12,14-19H,11,13,20H2,1-2H3/q+1/b10-6+. The summed E-state index contributed by atoms with van der Waals surface area (Å²) < 4.78 is 35.7. The summed E-state index contributed by atoms with van der Waals surface area (Å²) in [5, 5.41) is 1.63. The van der Waals surface area contributed by atoms with E-state index in [0.29, 0.717) is 28.4 Å². The Morgan fingerprint density at radius 3 is 2.53 bits per heavy atom. The molecular weight excluding hydrogens is 576 g/mol. The number of methoxy groups -OCH3 is 2. The van der Waals surface area contributed by atoms with Gasteiger partial charge in [0, 0.05) is 31.0 Å². The van der Waals surface area contributed by atoms with Crippen molar-refractivity contribution in [2.45, 2.75) is 13.0 Å². The van der Waals surface area contributed by atoms with Crippen molar-refractivity contribution in [3.8, 4) is 45.8 Å². The number of pyridine rings is 2. The van der Waals surface area contributed by atoms with Crippen LogP contribution in [0, 0.1) is 0 Å². The average Bonchev–Trinajstić information content (AvgIpc) is 3.54. The molecule has 45 heavy (non-hydrogen) atoms. The fourth-order valence-electron chi connectivity index (χ4n) is 5.48. The third-order valence-corrected chi connectivity index (χ3v) is 7.70. The predicted molar refractivity (Wildman–Crippen MR) is 163 cm³/mol. The minimum absolute atomic E-state index is 0.222. The van der Waals surface area contributed by atoms with Gasteiger partial charge in [0.05, 0.1) is 30.7 Å². The fourth-order valence-corrected chi connectivity index (χ4v) is 5.48. The summed E-state index contributed by atoms with van der Waals surface area (Å²) in [7, 11) is 3.00. The number of aromatic nitrogens is 2. The molecule has 2 aromatic heterocycles. The molecule has 0 saturated carbocycles. The van der Waals surface area contributed by atoms with Crippen LogP contribution < -0.4 is 33.0 Å². The summed E-state index contributed by atoms with van der Waals surface area (Å²) in [6, 6.07) is 18.1. The van der Waals surface area contributed by atoms with Crippen molar-refractivity contribution in [3.63, 3.8) is 0 Å². The van der Waals surface area contributed by atoms with Gasteiger partial charge in [-0.2, -0.15) is 4.57 Å². The van der Waals surface area contributed by atoms with Crippen LogP contribution in [0.5, 0.6) is 34.5 Å². The van der Waals surface area contributed by atoms with E-state index in [0.717, 1.165) is 46.5 Å². The first-order valence-corrected chi connectivity index (χ1v) is 14.2. The maximum atomic E-state index is 13.1. The molecule has 3 aromatic carbocycles. The highest BCUT2D eigenvalue weighted by atomic mass is 16.7. The third kappa shape index (κ3) is 5.38. The number of benzene rings is 3. The van der Waals surface area contributed by atoms with E-state index >= 15 is 0 Å². The van der Waals surface area contributed by atoms with Gasteiger partial charge in [0.2, 0.25) is 12.5 Å². The van der Waals surface area contributed by atoms with E-state index in [9.17, 15) is 9.59 Å². The Hall–Kier alpha value is -5.90. The van der Waals surface area contributed by atoms with Gasteiger partial charge in [0.1, 0.15) is 0 Å². The lowest BCUT2D eigenvalue weighted by Gasteiger charge is -2.17. The number of rotatable bonds is 7. The van der Waals surface area contributed by atoms with E-state index in [1.165, 1.54) is 32.1 Å². The second-order valence-corrected chi connectivity index (χ2v) is 10.4. The zero-order valence-corrected chi connectivity index (χ0v) is 24.4. The Morgan fingerprint density at radius 1 is 0.911 bits per heavy atom. The molecule has 0 amide bonds. The number of carbonyl (C=O) groups excluding carboxylic acids is 2. The summed E-state index contributed by atoms with van der Waals surface area (Å²) in [6.45, 7) is 0.970. The van der Waals surface area contributed by atoms with Crippen molar-refractivity contribution >= 4 is 28.8 Å². The fraction of sp³-hybridized carbons (Fsp3) is 0.143. The van der Waals surface area contributed by atoms with Crippen LogP contribution in [-0.2, 0) is 17.8 Å². The lowest BCUT2D eigenvalue weighted by atomic mass is 9.95. The molecule has 2 aliphatic heterocycles. The van der Waals surface area contributed by atoms with Gasteiger partial charge in [-0.1, -0.05) is 6.07 Å². The molecule has 4 heterocycles. The van der Waals surface area contributed by atoms with Gasteiger partial charge in [0.15, 0.2) is 47.2 Å². The van der Waals surface area contributed by atoms with Crippen LogP contribution in [0.2, 0.25) is 0 Å². The molecule has 0 spiro atoms. The van der Waals surface area contributed by atoms with E-state index in [1.54, 1.807) is 48.7 Å². The first kappa shape index (κ1) is 27.9. The van der Waals surface area contributed by atoms with Crippen molar-refractivity contribution in [1.29, 1.82) is 0 Å². The first-order chi connectivity index (χ1) is 22.0. The Balaban J connectivity index is 1.13. The van der Waals surface area contributed by atoms with Crippen molar-refractivity contribution in [2.75, 3.05) is 21.0 Å². The van der Waals surface area contributed by atoms with Crippen LogP contribution in [0.4, 0.5) is 0 Å². The van der Waals surface area contributed by atoms with E-state index < -0.39 is 11.9 Å². The van der Waals surface area contributed by atoms with Gasteiger partial charge in [-0.15, -0.1) is 0 Å². The van der Waals surface area contributed by atoms with Crippen molar-refractivity contribution in [2.24, 2.45) is 0 Å². The second kappa shape index (κ2) is 11.6. The van der Waals surface area contributed by atoms with Crippen molar-refractivity contribution < 1.29 is 42.6 Å². The highest BCUT2D eigenvalue weighted by molar-refractivity contribution is 5.96. The maximum absolute atomic E-state index is 13.1. The Kier molecular flexibility index (Phi) is 7.22. The minimum atomic E-state index is -0.590. The summed E-state index contributed by atoms with van der Waals surface area (Å²) in [5.74, 6) is 1.68. The molecule has 10 heteroatoms. The Labute approximate surface area is 258 Å². The monoisotopic (exact) mass is 603 g/mol. The van der Waals surface area contributed by atoms with E-state index in [1.807, 2.05) is 18.3 Å². The Bertz CT molecular complexity index is 2010. The number of aryl methyl sites for hydroxylation is 2. The summed E-state index contributed by atoms with van der Waals surface area (Å²) in [6.07, 6.45) is 8.71. The SMILES string of the molecule is COc1cc(/C=C/C(=O)Oc2c(OC)ccc3cc4[n+](cc23)CCc2cc3c(cc2-4)OCO3)ccc1OC(=O)c1cccnc1. The number of ether oxygens (including phenoxy) is 6. The predicted octanol–water partition coefficient (Wildman–Crippen LogP) is 5.33. The lowest BCUT2D eigenvalue weighted by molar-refractivity contribution is -0.686. The van der Waals surface area contributed by atoms with Crippen LogP contribution in [0.1, 0.15) is 21.5 Å². The number of fused-ring (bicyclic) bond motifs is 5. The summed E-state index contributed by atoms with van der Waals surface area (Å²) in [5.41, 5.74) is 4.26. The van der Waals surface area contributed by atoms with Gasteiger partial charge in [-0.25, -0.2) is 9.59 Å². The van der Waals surface area contributed by atoms with E-state index in [4.69, 9.17) is 28.4 Å². The van der Waals surface area contributed by atoms with Gasteiger partial charge >= 0.3 is 11.9 Å². The maximum Gasteiger partial charge on any atom is 0.345 e. The number of nitrogens with zero attached hydrogens (tertiary/aromatic N) is 2. The lowest BCUT2D eigenvalue weighted by Crippen LogP contribution is -2.40. The normalized spacial score (nSPS) is 12.8. The number of carbonyl (C=O) groups is 2. The molecule has 5 aromatic rings. The van der Waals surface area contributed by atoms with Crippen LogP contribution >= 0.6 is 0 Å². The molecule has 0 saturated heterocycles. The van der Waals surface area contributed by atoms with E-state index in [2.05, 4.69) is 21.7 Å². The van der Waals surface area contributed by atoms with Crippen LogP contribution in [-0.4, -0.2) is 37.9 Å². The number of hydrogen-bond acceptors (Lipinski definition) is 9. The van der Waals surface area contributed by atoms with Gasteiger partial charge in [-0.3, -0.25) is 4.98 Å². The van der Waals surface area contributed by atoms with Gasteiger partial charge in [0.25, 0.3) is 0 Å². The zero-order chi connectivity index (χ0) is 30.9. The smallest absolute Gasteiger partial charge is 0.345 e. The van der Waals surface area contributed by atoms with Crippen molar-refractivity contribution in [1.82, 2.24) is 4.98 Å². The molecule has 224 valence electrons. The third-order valence-electron chi connectivity index (χ3n) is 7.70. The molecule has 0 fully saturated rings. The summed E-state index contributed by atoms with van der Waals surface area (Å²) in [4.78, 5) is 29.5. The minimum Gasteiger partial charge on any atom is -0.493 e. The number of esters is 2. The number of hydrogen-bond donors (Lipinski definition) is 0. The van der Waals surface area contributed by atoms with Crippen LogP contribution in [0.25, 0.3) is 28.1 Å². The second-order valence-electron chi connectivity index (χ2n) is 10.4. The molecule has 7 rings (SSSR count). The molecule has 0 aliphatic carbocycles. The molecule has 0 bridgehead atoms. The van der Waals surface area contributed by atoms with Gasteiger partial charge < -0.3 is 28.4 Å². The highest BCUT2D eigenvalue weighted by Gasteiger charge is 2.29. The molecule has 0 unspecified atom stereocenters. The van der Waals surface area contributed by atoms with E-state index in [-0.39, 0.29) is 12.5 Å². The first-order valence-electron chi connectivity index (χ1n) is 14.2. The zero-order valence-electron chi connectivity index (χ0n) is 24.4. The largest absolute Gasteiger partial charge is 0.493 e. The highest BCUT2D eigenvalue weighted by Crippen LogP contribution is 2.42. The Morgan fingerprint density at radius 2 is 1.73 bits per heavy atom. The molecule has 10 nitrogen and oxygen atoms in total.